The number of rotatable bonds is 4. The van der Waals surface area contributed by atoms with Gasteiger partial charge in [0.05, 0.1) is 18.1 Å². The van der Waals surface area contributed by atoms with E-state index in [1.807, 2.05) is 0 Å². The molecule has 1 unspecified atom stereocenters. The van der Waals surface area contributed by atoms with Crippen molar-refractivity contribution in [2.24, 2.45) is 5.92 Å². The molecule has 0 aromatic rings. The Morgan fingerprint density at radius 1 is 1.41 bits per heavy atom. The van der Waals surface area contributed by atoms with Crippen LogP contribution in [0, 0.1) is 5.92 Å². The van der Waals surface area contributed by atoms with Gasteiger partial charge in [-0.1, -0.05) is 0 Å². The number of nitrogens with zero attached hydrogens (tertiary/aromatic N) is 1. The van der Waals surface area contributed by atoms with Crippen LogP contribution in [-0.2, 0) is 19.4 Å². The molecular weight excluding hydrogens is 242 g/mol. The van der Waals surface area contributed by atoms with Gasteiger partial charge >= 0.3 is 0 Å². The molecule has 1 amide bonds. The molecule has 1 atom stereocenters. The lowest BCUT2D eigenvalue weighted by molar-refractivity contribution is -0.137. The first kappa shape index (κ1) is 12.8. The number of ether oxygens (including phenoxy) is 1. The van der Waals surface area contributed by atoms with E-state index in [4.69, 9.17) is 4.74 Å². The zero-order valence-electron chi connectivity index (χ0n) is 10.1. The lowest BCUT2D eigenvalue weighted by atomic mass is 10.3. The van der Waals surface area contributed by atoms with Gasteiger partial charge in [0.25, 0.3) is 0 Å². The highest BCUT2D eigenvalue weighted by Crippen LogP contribution is 2.28. The largest absolute Gasteiger partial charge is 0.371 e. The summed E-state index contributed by atoms with van der Waals surface area (Å²) in [6.45, 7) is 2.82. The number of amides is 1. The SMILES string of the molecule is CC1CS(=O)(=O)CCN1C(=O)COCC1CC1. The van der Waals surface area contributed by atoms with Gasteiger partial charge < -0.3 is 9.64 Å². The first-order valence-electron chi connectivity index (χ1n) is 6.05. The molecule has 2 rings (SSSR count). The molecule has 5 nitrogen and oxygen atoms in total. The second-order valence-corrected chi connectivity index (χ2v) is 7.24. The van der Waals surface area contributed by atoms with Crippen LogP contribution in [0.15, 0.2) is 0 Å². The van der Waals surface area contributed by atoms with E-state index in [1.54, 1.807) is 11.8 Å². The minimum absolute atomic E-state index is 0.0708. The summed E-state index contributed by atoms with van der Waals surface area (Å²) in [7, 11) is -2.96. The smallest absolute Gasteiger partial charge is 0.248 e. The minimum Gasteiger partial charge on any atom is -0.371 e. The summed E-state index contributed by atoms with van der Waals surface area (Å²) in [6.07, 6.45) is 2.40. The molecule has 0 N–H and O–H groups in total. The van der Waals surface area contributed by atoms with Crippen molar-refractivity contribution >= 4 is 15.7 Å². The van der Waals surface area contributed by atoms with Crippen molar-refractivity contribution in [1.82, 2.24) is 4.90 Å². The Kier molecular flexibility index (Phi) is 3.73. The van der Waals surface area contributed by atoms with Crippen LogP contribution in [-0.4, -0.2) is 56.5 Å². The first-order valence-corrected chi connectivity index (χ1v) is 7.88. The molecule has 2 aliphatic rings. The topological polar surface area (TPSA) is 63.7 Å². The van der Waals surface area contributed by atoms with Crippen LogP contribution in [0.2, 0.25) is 0 Å². The third kappa shape index (κ3) is 3.67. The summed E-state index contributed by atoms with van der Waals surface area (Å²) >= 11 is 0. The molecule has 0 aromatic carbocycles. The number of hydrogen-bond acceptors (Lipinski definition) is 4. The highest BCUT2D eigenvalue weighted by molar-refractivity contribution is 7.91. The molecule has 0 radical (unpaired) electrons. The monoisotopic (exact) mass is 261 g/mol. The maximum Gasteiger partial charge on any atom is 0.248 e. The molecule has 1 heterocycles. The van der Waals surface area contributed by atoms with Crippen LogP contribution in [0.3, 0.4) is 0 Å². The Morgan fingerprint density at radius 3 is 2.71 bits per heavy atom. The molecule has 0 spiro atoms. The molecule has 2 fully saturated rings. The van der Waals surface area contributed by atoms with Crippen molar-refractivity contribution in [1.29, 1.82) is 0 Å². The number of sulfone groups is 1. The van der Waals surface area contributed by atoms with Crippen LogP contribution in [0.1, 0.15) is 19.8 Å². The molecule has 0 aromatic heterocycles. The Morgan fingerprint density at radius 2 is 2.12 bits per heavy atom. The van der Waals surface area contributed by atoms with E-state index in [0.29, 0.717) is 19.1 Å². The van der Waals surface area contributed by atoms with E-state index in [-0.39, 0.29) is 30.1 Å². The van der Waals surface area contributed by atoms with E-state index >= 15 is 0 Å². The molecule has 98 valence electrons. The third-order valence-corrected chi connectivity index (χ3v) is 5.06. The summed E-state index contributed by atoms with van der Waals surface area (Å²) in [5.74, 6) is 0.697. The van der Waals surface area contributed by atoms with Crippen molar-refractivity contribution in [2.45, 2.75) is 25.8 Å². The predicted octanol–water partition coefficient (Wildman–Crippen LogP) is 0.0585. The molecule has 1 saturated heterocycles. The number of carbonyl (C=O) groups is 1. The fourth-order valence-corrected chi connectivity index (χ4v) is 3.61. The van der Waals surface area contributed by atoms with Crippen LogP contribution in [0.5, 0.6) is 0 Å². The van der Waals surface area contributed by atoms with Gasteiger partial charge in [0, 0.05) is 12.6 Å². The fraction of sp³-hybridized carbons (Fsp3) is 0.909. The van der Waals surface area contributed by atoms with Gasteiger partial charge in [0.2, 0.25) is 5.91 Å². The van der Waals surface area contributed by atoms with E-state index in [1.165, 1.54) is 12.8 Å². The molecular formula is C11H19NO4S. The van der Waals surface area contributed by atoms with E-state index in [9.17, 15) is 13.2 Å². The Labute approximate surface area is 102 Å². The minimum atomic E-state index is -2.96. The van der Waals surface area contributed by atoms with Gasteiger partial charge in [-0.2, -0.15) is 0 Å². The fourth-order valence-electron chi connectivity index (χ4n) is 2.05. The lowest BCUT2D eigenvalue weighted by Gasteiger charge is -2.33. The van der Waals surface area contributed by atoms with Gasteiger partial charge in [0.1, 0.15) is 6.61 Å². The molecule has 0 bridgehead atoms. The molecule has 1 saturated carbocycles. The van der Waals surface area contributed by atoms with Gasteiger partial charge in [-0.05, 0) is 25.7 Å². The highest BCUT2D eigenvalue weighted by Gasteiger charge is 2.31. The average Bonchev–Trinajstić information content (AvgIpc) is 2.99. The van der Waals surface area contributed by atoms with Crippen molar-refractivity contribution in [3.05, 3.63) is 0 Å². The Balaban J connectivity index is 1.78. The van der Waals surface area contributed by atoms with Crippen molar-refractivity contribution in [2.75, 3.05) is 31.3 Å². The second-order valence-electron chi connectivity index (χ2n) is 5.01. The van der Waals surface area contributed by atoms with Crippen LogP contribution < -0.4 is 0 Å². The molecule has 1 aliphatic heterocycles. The summed E-state index contributed by atoms with van der Waals surface area (Å²) in [4.78, 5) is 13.4. The number of carbonyl (C=O) groups excluding carboxylic acids is 1. The maximum absolute atomic E-state index is 11.8. The highest BCUT2D eigenvalue weighted by atomic mass is 32.2. The first-order chi connectivity index (χ1) is 7.98. The summed E-state index contributed by atoms with van der Waals surface area (Å²) < 4.78 is 28.1. The summed E-state index contributed by atoms with van der Waals surface area (Å²) in [5, 5.41) is 0. The number of hydrogen-bond donors (Lipinski definition) is 0. The van der Waals surface area contributed by atoms with Gasteiger partial charge in [-0.25, -0.2) is 8.42 Å². The standard InChI is InChI=1S/C11H19NO4S/c1-9-8-17(14,15)5-4-12(9)11(13)7-16-6-10-2-3-10/h9-10H,2-8H2,1H3. The van der Waals surface area contributed by atoms with E-state index in [2.05, 4.69) is 0 Å². The quantitative estimate of drug-likeness (QED) is 0.718. The van der Waals surface area contributed by atoms with E-state index < -0.39 is 9.84 Å². The zero-order chi connectivity index (χ0) is 12.5. The summed E-state index contributed by atoms with van der Waals surface area (Å²) in [5.41, 5.74) is 0. The zero-order valence-corrected chi connectivity index (χ0v) is 10.9. The van der Waals surface area contributed by atoms with Gasteiger partial charge in [-0.3, -0.25) is 4.79 Å². The Hall–Kier alpha value is -0.620. The van der Waals surface area contributed by atoms with Crippen molar-refractivity contribution < 1.29 is 17.9 Å². The Bertz CT molecular complexity index is 388. The maximum atomic E-state index is 11.8. The normalized spacial score (nSPS) is 28.1. The van der Waals surface area contributed by atoms with E-state index in [0.717, 1.165) is 0 Å². The van der Waals surface area contributed by atoms with Crippen LogP contribution in [0.25, 0.3) is 0 Å². The second kappa shape index (κ2) is 4.94. The van der Waals surface area contributed by atoms with Gasteiger partial charge in [0.15, 0.2) is 9.84 Å². The van der Waals surface area contributed by atoms with Crippen molar-refractivity contribution in [3.8, 4) is 0 Å². The molecule has 1 aliphatic carbocycles. The van der Waals surface area contributed by atoms with Crippen LogP contribution >= 0.6 is 0 Å². The lowest BCUT2D eigenvalue weighted by Crippen LogP contribution is -2.50. The molecule has 6 heteroatoms. The van der Waals surface area contributed by atoms with Crippen molar-refractivity contribution in [3.63, 3.8) is 0 Å². The van der Waals surface area contributed by atoms with Crippen LogP contribution in [0.4, 0.5) is 0 Å². The molecule has 17 heavy (non-hydrogen) atoms. The predicted molar refractivity (Wildman–Crippen MR) is 63.4 cm³/mol. The third-order valence-electron chi connectivity index (χ3n) is 3.27. The summed E-state index contributed by atoms with van der Waals surface area (Å²) in [6, 6.07) is -0.231. The average molecular weight is 261 g/mol. The van der Waals surface area contributed by atoms with Gasteiger partial charge in [-0.15, -0.1) is 0 Å².